The molecule has 1 aromatic heterocycles. The Morgan fingerprint density at radius 3 is 2.48 bits per heavy atom. The van der Waals surface area contributed by atoms with Crippen LogP contribution in [0.2, 0.25) is 5.02 Å². The number of hydrogen-bond donors (Lipinski definition) is 1. The highest BCUT2D eigenvalue weighted by atomic mass is 35.5. The van der Waals surface area contributed by atoms with Gasteiger partial charge in [-0.05, 0) is 37.6 Å². The van der Waals surface area contributed by atoms with Crippen molar-refractivity contribution in [2.75, 3.05) is 5.32 Å². The van der Waals surface area contributed by atoms with Crippen molar-refractivity contribution in [1.82, 2.24) is 9.78 Å². The van der Waals surface area contributed by atoms with Gasteiger partial charge in [-0.15, -0.1) is 0 Å². The van der Waals surface area contributed by atoms with Crippen LogP contribution in [0.25, 0.3) is 0 Å². The molecule has 0 aliphatic heterocycles. The van der Waals surface area contributed by atoms with E-state index in [2.05, 4.69) is 10.4 Å². The van der Waals surface area contributed by atoms with Crippen LogP contribution in [0.3, 0.4) is 0 Å². The van der Waals surface area contributed by atoms with Gasteiger partial charge in [-0.2, -0.15) is 5.10 Å². The Hall–Kier alpha value is -3.19. The number of halogens is 1. The van der Waals surface area contributed by atoms with Gasteiger partial charge >= 0.3 is 0 Å². The van der Waals surface area contributed by atoms with Crippen LogP contribution in [0.1, 0.15) is 27.3 Å². The summed E-state index contributed by atoms with van der Waals surface area (Å²) in [5, 5.41) is 18.7. The van der Waals surface area contributed by atoms with Crippen molar-refractivity contribution in [3.8, 4) is 0 Å². The molecular formula is C19H17ClN4O3. The summed E-state index contributed by atoms with van der Waals surface area (Å²) in [5.74, 6) is -0.353. The van der Waals surface area contributed by atoms with E-state index in [9.17, 15) is 14.9 Å². The Labute approximate surface area is 160 Å². The van der Waals surface area contributed by atoms with Crippen molar-refractivity contribution in [1.29, 1.82) is 0 Å². The predicted octanol–water partition coefficient (Wildman–Crippen LogP) is 4.36. The molecule has 1 heterocycles. The summed E-state index contributed by atoms with van der Waals surface area (Å²) in [6, 6.07) is 13.0. The molecule has 3 rings (SSSR count). The predicted molar refractivity (Wildman–Crippen MR) is 103 cm³/mol. The zero-order valence-corrected chi connectivity index (χ0v) is 15.5. The van der Waals surface area contributed by atoms with Gasteiger partial charge in [-0.3, -0.25) is 19.6 Å². The van der Waals surface area contributed by atoms with E-state index in [-0.39, 0.29) is 11.6 Å². The first-order valence-electron chi connectivity index (χ1n) is 8.20. The van der Waals surface area contributed by atoms with E-state index in [4.69, 9.17) is 11.6 Å². The van der Waals surface area contributed by atoms with Gasteiger partial charge in [0.15, 0.2) is 0 Å². The zero-order chi connectivity index (χ0) is 19.6. The molecule has 0 saturated carbocycles. The molecule has 8 heteroatoms. The minimum atomic E-state index is -0.505. The van der Waals surface area contributed by atoms with Crippen molar-refractivity contribution in [3.05, 3.63) is 86.2 Å². The maximum absolute atomic E-state index is 12.5. The van der Waals surface area contributed by atoms with Gasteiger partial charge in [0.1, 0.15) is 0 Å². The smallest absolute Gasteiger partial charge is 0.269 e. The Kier molecular flexibility index (Phi) is 5.23. The summed E-state index contributed by atoms with van der Waals surface area (Å²) in [4.78, 5) is 22.7. The van der Waals surface area contributed by atoms with Crippen LogP contribution >= 0.6 is 11.6 Å². The van der Waals surface area contributed by atoms with Crippen LogP contribution in [-0.2, 0) is 6.54 Å². The molecule has 0 unspecified atom stereocenters. The summed E-state index contributed by atoms with van der Waals surface area (Å²) in [7, 11) is 0. The molecule has 0 saturated heterocycles. The van der Waals surface area contributed by atoms with Gasteiger partial charge in [-0.1, -0.05) is 29.8 Å². The van der Waals surface area contributed by atoms with Crippen molar-refractivity contribution in [2.24, 2.45) is 0 Å². The lowest BCUT2D eigenvalue weighted by Crippen LogP contribution is -2.13. The van der Waals surface area contributed by atoms with Gasteiger partial charge < -0.3 is 5.32 Å². The number of nitrogens with zero attached hydrogens (tertiary/aromatic N) is 3. The number of aromatic nitrogens is 2. The molecule has 0 aliphatic carbocycles. The average Bonchev–Trinajstić information content (AvgIpc) is 2.91. The van der Waals surface area contributed by atoms with E-state index in [0.29, 0.717) is 28.5 Å². The first-order chi connectivity index (χ1) is 12.9. The second kappa shape index (κ2) is 7.59. The fourth-order valence-corrected chi connectivity index (χ4v) is 2.94. The SMILES string of the molecule is Cc1nn(Cc2ccccc2Cl)c(C)c1NC(=O)c1ccc([N+](=O)[O-])cc1. The minimum Gasteiger partial charge on any atom is -0.319 e. The number of anilines is 1. The number of amides is 1. The zero-order valence-electron chi connectivity index (χ0n) is 14.8. The summed E-state index contributed by atoms with van der Waals surface area (Å²) < 4.78 is 1.78. The third kappa shape index (κ3) is 3.98. The molecule has 2 aromatic carbocycles. The van der Waals surface area contributed by atoms with Crippen molar-refractivity contribution < 1.29 is 9.72 Å². The van der Waals surface area contributed by atoms with Crippen molar-refractivity contribution >= 4 is 28.9 Å². The number of aryl methyl sites for hydroxylation is 1. The fourth-order valence-electron chi connectivity index (χ4n) is 2.74. The molecule has 0 spiro atoms. The third-order valence-electron chi connectivity index (χ3n) is 4.24. The second-order valence-corrected chi connectivity index (χ2v) is 6.46. The Morgan fingerprint density at radius 1 is 1.19 bits per heavy atom. The van der Waals surface area contributed by atoms with Crippen LogP contribution < -0.4 is 5.32 Å². The maximum atomic E-state index is 12.5. The minimum absolute atomic E-state index is 0.0635. The largest absolute Gasteiger partial charge is 0.319 e. The normalized spacial score (nSPS) is 10.6. The van der Waals surface area contributed by atoms with Crippen LogP contribution in [-0.4, -0.2) is 20.6 Å². The molecule has 0 bridgehead atoms. The standard InChI is InChI=1S/C19H17ClN4O3/c1-12-18(21-19(25)14-7-9-16(10-8-14)24(26)27)13(2)23(22-12)11-15-5-3-4-6-17(15)20/h3-10H,11H2,1-2H3,(H,21,25). The molecule has 7 nitrogen and oxygen atoms in total. The van der Waals surface area contributed by atoms with E-state index < -0.39 is 4.92 Å². The molecule has 0 fully saturated rings. The number of hydrogen-bond acceptors (Lipinski definition) is 4. The molecule has 0 aliphatic rings. The molecule has 27 heavy (non-hydrogen) atoms. The quantitative estimate of drug-likeness (QED) is 0.522. The van der Waals surface area contributed by atoms with Crippen LogP contribution in [0.4, 0.5) is 11.4 Å². The lowest BCUT2D eigenvalue weighted by atomic mass is 10.2. The highest BCUT2D eigenvalue weighted by molar-refractivity contribution is 6.31. The molecule has 1 amide bonds. The van der Waals surface area contributed by atoms with Gasteiger partial charge in [0.05, 0.1) is 28.5 Å². The number of carbonyl (C=O) groups excluding carboxylic acids is 1. The highest BCUT2D eigenvalue weighted by Crippen LogP contribution is 2.23. The van der Waals surface area contributed by atoms with Gasteiger partial charge in [0, 0.05) is 22.7 Å². The van der Waals surface area contributed by atoms with E-state index in [1.54, 1.807) is 4.68 Å². The second-order valence-electron chi connectivity index (χ2n) is 6.05. The van der Waals surface area contributed by atoms with Crippen molar-refractivity contribution in [3.63, 3.8) is 0 Å². The number of rotatable bonds is 5. The monoisotopic (exact) mass is 384 g/mol. The summed E-state index contributed by atoms with van der Waals surface area (Å²) >= 11 is 6.21. The van der Waals surface area contributed by atoms with Gasteiger partial charge in [0.2, 0.25) is 0 Å². The van der Waals surface area contributed by atoms with E-state index >= 15 is 0 Å². The molecule has 138 valence electrons. The van der Waals surface area contributed by atoms with Crippen LogP contribution in [0.15, 0.2) is 48.5 Å². The van der Waals surface area contributed by atoms with Gasteiger partial charge in [0.25, 0.3) is 11.6 Å². The maximum Gasteiger partial charge on any atom is 0.269 e. The number of benzene rings is 2. The Bertz CT molecular complexity index is 1010. The summed E-state index contributed by atoms with van der Waals surface area (Å²) in [5.41, 5.74) is 3.28. The summed E-state index contributed by atoms with van der Waals surface area (Å²) in [6.07, 6.45) is 0. The van der Waals surface area contributed by atoms with Crippen LogP contribution in [0, 0.1) is 24.0 Å². The number of non-ortho nitro benzene ring substituents is 1. The topological polar surface area (TPSA) is 90.1 Å². The molecule has 0 radical (unpaired) electrons. The van der Waals surface area contributed by atoms with Crippen molar-refractivity contribution in [2.45, 2.75) is 20.4 Å². The molecule has 0 atom stereocenters. The molecular weight excluding hydrogens is 368 g/mol. The van der Waals surface area contributed by atoms with Gasteiger partial charge in [-0.25, -0.2) is 0 Å². The van der Waals surface area contributed by atoms with E-state index in [0.717, 1.165) is 11.3 Å². The molecule has 3 aromatic rings. The average molecular weight is 385 g/mol. The first kappa shape index (κ1) is 18.6. The number of nitrogens with one attached hydrogen (secondary N) is 1. The number of nitro benzene ring substituents is 1. The number of carbonyl (C=O) groups is 1. The Morgan fingerprint density at radius 2 is 1.85 bits per heavy atom. The number of nitro groups is 1. The lowest BCUT2D eigenvalue weighted by Gasteiger charge is -2.08. The van der Waals surface area contributed by atoms with E-state index in [1.165, 1.54) is 24.3 Å². The van der Waals surface area contributed by atoms with E-state index in [1.807, 2.05) is 38.1 Å². The third-order valence-corrected chi connectivity index (χ3v) is 4.61. The summed E-state index contributed by atoms with van der Waals surface area (Å²) in [6.45, 7) is 4.16. The Balaban J connectivity index is 1.81. The van der Waals surface area contributed by atoms with Crippen LogP contribution in [0.5, 0.6) is 0 Å². The lowest BCUT2D eigenvalue weighted by molar-refractivity contribution is -0.384. The molecule has 1 N–H and O–H groups in total. The first-order valence-corrected chi connectivity index (χ1v) is 8.58. The highest BCUT2D eigenvalue weighted by Gasteiger charge is 2.16. The fraction of sp³-hybridized carbons (Fsp3) is 0.158.